The van der Waals surface area contributed by atoms with Gasteiger partial charge >= 0.3 is 11.9 Å². The molecule has 0 aliphatic carbocycles. The predicted octanol–water partition coefficient (Wildman–Crippen LogP) is 2.45. The molecule has 2 aliphatic heterocycles. The Kier molecular flexibility index (Phi) is 7.88. The zero-order valence-electron chi connectivity index (χ0n) is 19.9. The third-order valence-electron chi connectivity index (χ3n) is 6.77. The summed E-state index contributed by atoms with van der Waals surface area (Å²) in [5, 5.41) is 18.2. The average Bonchev–Trinajstić information content (AvgIpc) is 2.89. The third-order valence-corrected chi connectivity index (χ3v) is 10.6. The van der Waals surface area contributed by atoms with E-state index in [9.17, 15) is 26.4 Å². The Labute approximate surface area is 215 Å². The predicted molar refractivity (Wildman–Crippen MR) is 131 cm³/mol. The molecule has 0 aromatic heterocycles. The van der Waals surface area contributed by atoms with Crippen LogP contribution in [-0.2, 0) is 29.6 Å². The van der Waals surface area contributed by atoms with Crippen LogP contribution in [0, 0.1) is 11.8 Å². The van der Waals surface area contributed by atoms with Crippen LogP contribution in [0.2, 0.25) is 0 Å². The molecule has 0 bridgehead atoms. The summed E-state index contributed by atoms with van der Waals surface area (Å²) < 4.78 is 59.9. The number of sulfonamides is 2. The van der Waals surface area contributed by atoms with Crippen molar-refractivity contribution in [2.24, 2.45) is 11.8 Å². The number of nitrogens with zero attached hydrogens (tertiary/aromatic N) is 2. The van der Waals surface area contributed by atoms with Gasteiger partial charge in [-0.25, -0.2) is 16.8 Å². The Morgan fingerprint density at radius 3 is 1.19 bits per heavy atom. The van der Waals surface area contributed by atoms with E-state index in [-0.39, 0.29) is 61.7 Å². The van der Waals surface area contributed by atoms with E-state index in [0.29, 0.717) is 11.5 Å². The highest BCUT2D eigenvalue weighted by Crippen LogP contribution is 2.29. The van der Waals surface area contributed by atoms with Crippen LogP contribution >= 0.6 is 0 Å². The van der Waals surface area contributed by atoms with Gasteiger partial charge in [-0.2, -0.15) is 8.61 Å². The number of benzene rings is 2. The Morgan fingerprint density at radius 2 is 0.919 bits per heavy atom. The number of aliphatic carboxylic acids is 2. The van der Waals surface area contributed by atoms with E-state index in [1.807, 2.05) is 0 Å². The lowest BCUT2D eigenvalue weighted by atomic mass is 9.99. The van der Waals surface area contributed by atoms with Crippen LogP contribution in [0.3, 0.4) is 0 Å². The lowest BCUT2D eigenvalue weighted by molar-refractivity contribution is -0.143. The molecule has 13 heteroatoms. The van der Waals surface area contributed by atoms with Gasteiger partial charge in [0.25, 0.3) is 0 Å². The monoisotopic (exact) mass is 552 g/mol. The van der Waals surface area contributed by atoms with Crippen molar-refractivity contribution in [3.8, 4) is 11.5 Å². The summed E-state index contributed by atoms with van der Waals surface area (Å²) in [6, 6.07) is 11.6. The number of hydrogen-bond donors (Lipinski definition) is 2. The van der Waals surface area contributed by atoms with Crippen molar-refractivity contribution in [3.05, 3.63) is 48.5 Å². The lowest BCUT2D eigenvalue weighted by Crippen LogP contribution is -2.40. The standard InChI is InChI=1S/C24H28N2O9S2/c27-23(28)17-9-13-25(14-10-17)36(31,32)21-5-1-19(2-6-21)35-20-3-7-22(8-4-20)37(33,34)26-15-11-18(12-16-26)24(29)30/h1-8,17-18H,9-16H2,(H,27,28)(H,29,30). The third kappa shape index (κ3) is 5.95. The Hall–Kier alpha value is -3.00. The van der Waals surface area contributed by atoms with Crippen molar-refractivity contribution < 1.29 is 41.4 Å². The number of rotatable bonds is 8. The van der Waals surface area contributed by atoms with Crippen molar-refractivity contribution >= 4 is 32.0 Å². The molecule has 2 fully saturated rings. The molecule has 0 spiro atoms. The van der Waals surface area contributed by atoms with Gasteiger partial charge in [0.05, 0.1) is 21.6 Å². The van der Waals surface area contributed by atoms with E-state index in [2.05, 4.69) is 0 Å². The maximum absolute atomic E-state index is 12.9. The zero-order chi connectivity index (χ0) is 26.8. The average molecular weight is 553 g/mol. The molecule has 2 aliphatic rings. The van der Waals surface area contributed by atoms with E-state index < -0.39 is 43.8 Å². The molecular formula is C24H28N2O9S2. The van der Waals surface area contributed by atoms with Gasteiger partial charge < -0.3 is 14.9 Å². The number of piperidine rings is 2. The summed E-state index contributed by atoms with van der Waals surface area (Å²) >= 11 is 0. The van der Waals surface area contributed by atoms with Crippen molar-refractivity contribution in [2.75, 3.05) is 26.2 Å². The highest BCUT2D eigenvalue weighted by molar-refractivity contribution is 7.89. The molecular weight excluding hydrogens is 524 g/mol. The topological polar surface area (TPSA) is 159 Å². The quantitative estimate of drug-likeness (QED) is 0.502. The zero-order valence-corrected chi connectivity index (χ0v) is 21.5. The van der Waals surface area contributed by atoms with Crippen molar-refractivity contribution in [3.63, 3.8) is 0 Å². The van der Waals surface area contributed by atoms with E-state index in [1.165, 1.54) is 57.1 Å². The molecule has 0 atom stereocenters. The largest absolute Gasteiger partial charge is 0.481 e. The molecule has 2 aromatic carbocycles. The highest BCUT2D eigenvalue weighted by Gasteiger charge is 2.33. The minimum Gasteiger partial charge on any atom is -0.481 e. The van der Waals surface area contributed by atoms with Gasteiger partial charge in [0.1, 0.15) is 11.5 Å². The van der Waals surface area contributed by atoms with Crippen LogP contribution in [0.4, 0.5) is 0 Å². The molecule has 0 amide bonds. The Morgan fingerprint density at radius 1 is 0.622 bits per heavy atom. The molecule has 0 saturated carbocycles. The lowest BCUT2D eigenvalue weighted by Gasteiger charge is -2.29. The van der Waals surface area contributed by atoms with Crippen LogP contribution in [0.15, 0.2) is 58.3 Å². The van der Waals surface area contributed by atoms with Crippen LogP contribution in [0.5, 0.6) is 11.5 Å². The summed E-state index contributed by atoms with van der Waals surface area (Å²) in [5.41, 5.74) is 0. The SMILES string of the molecule is O=C(O)C1CCN(S(=O)(=O)c2ccc(Oc3ccc(S(=O)(=O)N4CCC(C(=O)O)CC4)cc3)cc2)CC1. The second kappa shape index (κ2) is 10.8. The molecule has 2 heterocycles. The van der Waals surface area contributed by atoms with E-state index in [4.69, 9.17) is 14.9 Å². The molecule has 2 N–H and O–H groups in total. The van der Waals surface area contributed by atoms with Crippen LogP contribution in [0.25, 0.3) is 0 Å². The smallest absolute Gasteiger partial charge is 0.306 e. The normalized spacial score (nSPS) is 18.9. The van der Waals surface area contributed by atoms with Gasteiger partial charge in [-0.05, 0) is 74.2 Å². The highest BCUT2D eigenvalue weighted by atomic mass is 32.2. The van der Waals surface area contributed by atoms with Crippen molar-refractivity contribution in [1.29, 1.82) is 0 Å². The molecule has 2 aromatic rings. The van der Waals surface area contributed by atoms with Gasteiger partial charge in [0, 0.05) is 26.2 Å². The first-order valence-corrected chi connectivity index (χ1v) is 14.7. The summed E-state index contributed by atoms with van der Waals surface area (Å²) in [5.74, 6) is -2.18. The molecule has 4 rings (SSSR count). The molecule has 0 unspecified atom stereocenters. The second-order valence-corrected chi connectivity index (χ2v) is 13.0. The number of carboxylic acid groups (broad SMARTS) is 2. The maximum Gasteiger partial charge on any atom is 0.306 e. The van der Waals surface area contributed by atoms with E-state index >= 15 is 0 Å². The first-order valence-electron chi connectivity index (χ1n) is 11.8. The number of carboxylic acids is 2. The Balaban J connectivity index is 1.38. The summed E-state index contributed by atoms with van der Waals surface area (Å²) in [7, 11) is -7.52. The fourth-order valence-electron chi connectivity index (χ4n) is 4.48. The first-order chi connectivity index (χ1) is 17.5. The van der Waals surface area contributed by atoms with Gasteiger partial charge in [-0.1, -0.05) is 0 Å². The van der Waals surface area contributed by atoms with Crippen LogP contribution in [0.1, 0.15) is 25.7 Å². The molecule has 11 nitrogen and oxygen atoms in total. The van der Waals surface area contributed by atoms with E-state index in [0.717, 1.165) is 0 Å². The Bertz CT molecular complexity index is 1240. The first kappa shape index (κ1) is 27.0. The van der Waals surface area contributed by atoms with Crippen molar-refractivity contribution in [2.45, 2.75) is 35.5 Å². The molecule has 37 heavy (non-hydrogen) atoms. The van der Waals surface area contributed by atoms with Crippen LogP contribution in [-0.4, -0.2) is 73.8 Å². The van der Waals surface area contributed by atoms with Gasteiger partial charge in [-0.3, -0.25) is 9.59 Å². The summed E-state index contributed by atoms with van der Waals surface area (Å²) in [6.45, 7) is 0.573. The second-order valence-electron chi connectivity index (χ2n) is 9.08. The number of carbonyl (C=O) groups is 2. The van der Waals surface area contributed by atoms with Gasteiger partial charge in [-0.15, -0.1) is 0 Å². The molecule has 200 valence electrons. The van der Waals surface area contributed by atoms with E-state index in [1.54, 1.807) is 0 Å². The number of hydrogen-bond acceptors (Lipinski definition) is 7. The minimum atomic E-state index is -3.76. The fraction of sp³-hybridized carbons (Fsp3) is 0.417. The maximum atomic E-state index is 12.9. The van der Waals surface area contributed by atoms with Gasteiger partial charge in [0.15, 0.2) is 0 Å². The summed E-state index contributed by atoms with van der Waals surface area (Å²) in [4.78, 5) is 22.4. The molecule has 0 radical (unpaired) electrons. The van der Waals surface area contributed by atoms with Crippen LogP contribution < -0.4 is 4.74 Å². The fourth-order valence-corrected chi connectivity index (χ4v) is 7.42. The summed E-state index contributed by atoms with van der Waals surface area (Å²) in [6.07, 6.45) is 1.06. The minimum absolute atomic E-state index is 0.0711. The molecule has 2 saturated heterocycles. The van der Waals surface area contributed by atoms with Gasteiger partial charge in [0.2, 0.25) is 20.0 Å². The van der Waals surface area contributed by atoms with Crippen molar-refractivity contribution in [1.82, 2.24) is 8.61 Å². The number of ether oxygens (including phenoxy) is 1.